The van der Waals surface area contributed by atoms with E-state index >= 15 is 0 Å². The van der Waals surface area contributed by atoms with Crippen molar-refractivity contribution in [2.24, 2.45) is 0 Å². The molecule has 0 bridgehead atoms. The van der Waals surface area contributed by atoms with Gasteiger partial charge in [-0.05, 0) is 25.5 Å². The molecule has 0 aliphatic heterocycles. The molecule has 1 aromatic carbocycles. The van der Waals surface area contributed by atoms with Crippen LogP contribution in [0, 0.1) is 6.92 Å². The number of ether oxygens (including phenoxy) is 3. The van der Waals surface area contributed by atoms with Crippen LogP contribution >= 0.6 is 0 Å². The Hall–Kier alpha value is -1.03. The summed E-state index contributed by atoms with van der Waals surface area (Å²) in [7, 11) is -4.02. The number of hydrogen-bond acceptors (Lipinski definition) is 6. The molecule has 146 valence electrons. The Labute approximate surface area is 150 Å². The van der Waals surface area contributed by atoms with E-state index in [0.29, 0.717) is 33.0 Å². The Kier molecular flexibility index (Phi) is 14.6. The molecule has 0 aromatic heterocycles. The summed E-state index contributed by atoms with van der Waals surface area (Å²) >= 11 is 0. The number of benzene rings is 1. The van der Waals surface area contributed by atoms with Crippen molar-refractivity contribution in [3.05, 3.63) is 29.8 Å². The normalized spacial score (nSPS) is 11.0. The first-order valence-electron chi connectivity index (χ1n) is 8.30. The van der Waals surface area contributed by atoms with Gasteiger partial charge in [0.1, 0.15) is 0 Å². The zero-order valence-electron chi connectivity index (χ0n) is 15.0. The smallest absolute Gasteiger partial charge is 0.294 e. The molecule has 0 atom stereocenters. The summed E-state index contributed by atoms with van der Waals surface area (Å²) in [5, 5.41) is 8.40. The van der Waals surface area contributed by atoms with Crippen molar-refractivity contribution in [1.29, 1.82) is 0 Å². The molecule has 0 heterocycles. The minimum absolute atomic E-state index is 0.0666. The fraction of sp³-hybridized carbons (Fsp3) is 0.647. The summed E-state index contributed by atoms with van der Waals surface area (Å²) in [5.41, 5.74) is 0.956. The lowest BCUT2D eigenvalue weighted by molar-refractivity contribution is 0.00735. The highest BCUT2D eigenvalue weighted by atomic mass is 32.2. The average molecular weight is 378 g/mol. The van der Waals surface area contributed by atoms with Crippen molar-refractivity contribution < 1.29 is 32.3 Å². The summed E-state index contributed by atoms with van der Waals surface area (Å²) in [4.78, 5) is -0.0666. The predicted molar refractivity (Wildman–Crippen MR) is 95.4 cm³/mol. The van der Waals surface area contributed by atoms with E-state index < -0.39 is 10.1 Å². The largest absolute Gasteiger partial charge is 0.394 e. The third-order valence-electron chi connectivity index (χ3n) is 2.94. The minimum atomic E-state index is -4.02. The van der Waals surface area contributed by atoms with Crippen LogP contribution in [0.15, 0.2) is 29.2 Å². The van der Waals surface area contributed by atoms with Gasteiger partial charge in [-0.15, -0.1) is 0 Å². The van der Waals surface area contributed by atoms with Crippen LogP contribution in [0.2, 0.25) is 0 Å². The van der Waals surface area contributed by atoms with Crippen LogP contribution in [0.1, 0.15) is 25.3 Å². The molecule has 0 fully saturated rings. The van der Waals surface area contributed by atoms with Crippen LogP contribution < -0.4 is 0 Å². The number of hydrogen-bond donors (Lipinski definition) is 2. The molecule has 25 heavy (non-hydrogen) atoms. The van der Waals surface area contributed by atoms with E-state index in [4.69, 9.17) is 23.9 Å². The van der Waals surface area contributed by atoms with Crippen LogP contribution in [0.5, 0.6) is 0 Å². The second kappa shape index (κ2) is 15.2. The third-order valence-corrected chi connectivity index (χ3v) is 3.81. The Bertz CT molecular complexity index is 502. The molecule has 0 saturated heterocycles. The maximum atomic E-state index is 10.5. The third kappa shape index (κ3) is 15.0. The summed E-state index contributed by atoms with van der Waals surface area (Å²) in [6, 6.07) is 5.99. The fourth-order valence-electron chi connectivity index (χ4n) is 1.56. The standard InChI is InChI=1S/C10H22O4.C7H8O3S/c1-2-3-5-12-7-9-14-10-8-13-6-4-11;1-6-2-4-7(5-3-6)11(8,9)10/h11H,2-10H2,1H3;2-5H,1H3,(H,8,9,10). The quantitative estimate of drug-likeness (QED) is 0.424. The first-order valence-corrected chi connectivity index (χ1v) is 9.74. The van der Waals surface area contributed by atoms with Gasteiger partial charge in [-0.1, -0.05) is 31.0 Å². The summed E-state index contributed by atoms with van der Waals surface area (Å²) in [5.74, 6) is 0. The van der Waals surface area contributed by atoms with E-state index in [0.717, 1.165) is 25.0 Å². The second-order valence-electron chi connectivity index (χ2n) is 5.20. The molecule has 0 saturated carbocycles. The highest BCUT2D eigenvalue weighted by molar-refractivity contribution is 7.85. The lowest BCUT2D eigenvalue weighted by Crippen LogP contribution is -2.11. The fourth-order valence-corrected chi connectivity index (χ4v) is 2.04. The minimum Gasteiger partial charge on any atom is -0.394 e. The predicted octanol–water partition coefficient (Wildman–Crippen LogP) is 2.07. The van der Waals surface area contributed by atoms with Gasteiger partial charge >= 0.3 is 0 Å². The molecule has 0 aliphatic carbocycles. The molecular weight excluding hydrogens is 348 g/mol. The van der Waals surface area contributed by atoms with Gasteiger partial charge in [-0.25, -0.2) is 0 Å². The lowest BCUT2D eigenvalue weighted by atomic mass is 10.2. The molecule has 7 nitrogen and oxygen atoms in total. The molecule has 0 aliphatic rings. The van der Waals surface area contributed by atoms with E-state index in [9.17, 15) is 8.42 Å². The van der Waals surface area contributed by atoms with Gasteiger partial charge in [0.25, 0.3) is 10.1 Å². The topological polar surface area (TPSA) is 102 Å². The zero-order valence-corrected chi connectivity index (χ0v) is 15.8. The number of aryl methyl sites for hydroxylation is 1. The summed E-state index contributed by atoms with van der Waals surface area (Å²) in [6.07, 6.45) is 2.27. The van der Waals surface area contributed by atoms with Crippen molar-refractivity contribution >= 4 is 10.1 Å². The number of rotatable bonds is 12. The maximum absolute atomic E-state index is 10.5. The summed E-state index contributed by atoms with van der Waals surface area (Å²) in [6.45, 7) is 7.63. The van der Waals surface area contributed by atoms with Crippen LogP contribution in [-0.2, 0) is 24.3 Å². The van der Waals surface area contributed by atoms with Crippen LogP contribution in [0.3, 0.4) is 0 Å². The van der Waals surface area contributed by atoms with Crippen molar-refractivity contribution in [2.75, 3.05) is 46.2 Å². The molecule has 8 heteroatoms. The van der Waals surface area contributed by atoms with Gasteiger partial charge in [0.2, 0.25) is 0 Å². The van der Waals surface area contributed by atoms with Gasteiger partial charge in [0.15, 0.2) is 0 Å². The van der Waals surface area contributed by atoms with E-state index in [-0.39, 0.29) is 11.5 Å². The van der Waals surface area contributed by atoms with Crippen molar-refractivity contribution in [3.63, 3.8) is 0 Å². The van der Waals surface area contributed by atoms with Crippen molar-refractivity contribution in [3.8, 4) is 0 Å². The van der Waals surface area contributed by atoms with Crippen LogP contribution in [-0.4, -0.2) is 64.3 Å². The van der Waals surface area contributed by atoms with E-state index in [1.54, 1.807) is 12.1 Å². The molecular formula is C17H30O7S. The molecule has 0 unspecified atom stereocenters. The number of unbranched alkanes of at least 4 members (excludes halogenated alkanes) is 1. The van der Waals surface area contributed by atoms with Gasteiger partial charge in [-0.3, -0.25) is 4.55 Å². The van der Waals surface area contributed by atoms with E-state index in [2.05, 4.69) is 6.92 Å². The molecule has 0 amide bonds. The monoisotopic (exact) mass is 378 g/mol. The van der Waals surface area contributed by atoms with Crippen molar-refractivity contribution in [2.45, 2.75) is 31.6 Å². The van der Waals surface area contributed by atoms with Gasteiger partial charge in [0, 0.05) is 6.61 Å². The second-order valence-corrected chi connectivity index (χ2v) is 6.62. The van der Waals surface area contributed by atoms with Crippen LogP contribution in [0.4, 0.5) is 0 Å². The number of aliphatic hydroxyl groups excluding tert-OH is 1. The van der Waals surface area contributed by atoms with Crippen molar-refractivity contribution in [1.82, 2.24) is 0 Å². The van der Waals surface area contributed by atoms with Gasteiger partial charge < -0.3 is 19.3 Å². The first-order chi connectivity index (χ1) is 11.9. The molecule has 0 spiro atoms. The highest BCUT2D eigenvalue weighted by Crippen LogP contribution is 2.08. The SMILES string of the molecule is CCCCOCCOCCOCCO.Cc1ccc(S(=O)(=O)O)cc1. The van der Waals surface area contributed by atoms with E-state index in [1.807, 2.05) is 6.92 Å². The number of aliphatic hydroxyl groups is 1. The lowest BCUT2D eigenvalue weighted by Gasteiger charge is -2.05. The Morgan fingerprint density at radius 2 is 1.36 bits per heavy atom. The maximum Gasteiger partial charge on any atom is 0.294 e. The molecule has 1 aromatic rings. The summed E-state index contributed by atoms with van der Waals surface area (Å²) < 4.78 is 45.1. The zero-order chi connectivity index (χ0) is 19.0. The molecule has 2 N–H and O–H groups in total. The van der Waals surface area contributed by atoms with Crippen LogP contribution in [0.25, 0.3) is 0 Å². The van der Waals surface area contributed by atoms with Gasteiger partial charge in [-0.2, -0.15) is 8.42 Å². The molecule has 0 radical (unpaired) electrons. The Morgan fingerprint density at radius 3 is 1.80 bits per heavy atom. The highest BCUT2D eigenvalue weighted by Gasteiger charge is 2.06. The Morgan fingerprint density at radius 1 is 0.880 bits per heavy atom. The molecule has 1 rings (SSSR count). The Balaban J connectivity index is 0.000000472. The average Bonchev–Trinajstić information content (AvgIpc) is 2.57. The first kappa shape index (κ1) is 24.0. The van der Waals surface area contributed by atoms with E-state index in [1.165, 1.54) is 12.1 Å². The van der Waals surface area contributed by atoms with Gasteiger partial charge in [0.05, 0.1) is 44.5 Å².